The van der Waals surface area contributed by atoms with Gasteiger partial charge < -0.3 is 24.8 Å². The van der Waals surface area contributed by atoms with Crippen molar-refractivity contribution in [3.63, 3.8) is 0 Å². The Kier molecular flexibility index (Phi) is 13.3. The molecular weight excluding hydrogens is 457 g/mol. The molecule has 1 aliphatic heterocycles. The minimum absolute atomic E-state index is 0. The quantitative estimate of drug-likeness (QED) is 0.216. The SMILES string of the molecule is CCNC(=NCCCOCC1CCCO1)NCCc1cccc(OC)c1.I. The van der Waals surface area contributed by atoms with Crippen LogP contribution in [0.5, 0.6) is 5.75 Å². The van der Waals surface area contributed by atoms with Crippen LogP contribution >= 0.6 is 24.0 Å². The lowest BCUT2D eigenvalue weighted by Crippen LogP contribution is -2.38. The highest BCUT2D eigenvalue weighted by molar-refractivity contribution is 14.0. The highest BCUT2D eigenvalue weighted by atomic mass is 127. The second-order valence-electron chi connectivity index (χ2n) is 6.35. The number of rotatable bonds is 11. The lowest BCUT2D eigenvalue weighted by Gasteiger charge is -2.12. The summed E-state index contributed by atoms with van der Waals surface area (Å²) in [6.07, 6.45) is 4.42. The summed E-state index contributed by atoms with van der Waals surface area (Å²) in [7, 11) is 1.69. The third kappa shape index (κ3) is 10.2. The van der Waals surface area contributed by atoms with E-state index in [0.717, 1.165) is 70.2 Å². The van der Waals surface area contributed by atoms with Crippen LogP contribution in [0.25, 0.3) is 0 Å². The first-order valence-electron chi connectivity index (χ1n) is 9.66. The Morgan fingerprint density at radius 1 is 1.33 bits per heavy atom. The molecule has 154 valence electrons. The highest BCUT2D eigenvalue weighted by Crippen LogP contribution is 2.13. The maximum absolute atomic E-state index is 5.67. The molecule has 2 N–H and O–H groups in total. The maximum atomic E-state index is 5.67. The van der Waals surface area contributed by atoms with Crippen LogP contribution in [0.2, 0.25) is 0 Å². The summed E-state index contributed by atoms with van der Waals surface area (Å²) in [6, 6.07) is 8.16. The van der Waals surface area contributed by atoms with Crippen molar-refractivity contribution in [3.05, 3.63) is 29.8 Å². The highest BCUT2D eigenvalue weighted by Gasteiger charge is 2.14. The third-order valence-corrected chi connectivity index (χ3v) is 4.23. The van der Waals surface area contributed by atoms with Crippen molar-refractivity contribution in [2.24, 2.45) is 4.99 Å². The van der Waals surface area contributed by atoms with E-state index in [1.165, 1.54) is 5.56 Å². The van der Waals surface area contributed by atoms with Crippen molar-refractivity contribution >= 4 is 29.9 Å². The number of guanidine groups is 1. The molecule has 7 heteroatoms. The molecule has 0 aliphatic carbocycles. The van der Waals surface area contributed by atoms with Gasteiger partial charge in [0.05, 0.1) is 19.8 Å². The van der Waals surface area contributed by atoms with E-state index in [1.54, 1.807) is 7.11 Å². The molecule has 1 aromatic carbocycles. The van der Waals surface area contributed by atoms with Crippen molar-refractivity contribution in [1.29, 1.82) is 0 Å². The number of hydrogen-bond acceptors (Lipinski definition) is 4. The number of nitrogens with one attached hydrogen (secondary N) is 2. The Morgan fingerprint density at radius 3 is 2.96 bits per heavy atom. The average Bonchev–Trinajstić information content (AvgIpc) is 3.18. The van der Waals surface area contributed by atoms with Crippen LogP contribution in [0.4, 0.5) is 0 Å². The Hall–Kier alpha value is -1.06. The van der Waals surface area contributed by atoms with Crippen molar-refractivity contribution < 1.29 is 14.2 Å². The molecule has 0 amide bonds. The van der Waals surface area contributed by atoms with E-state index in [2.05, 4.69) is 34.7 Å². The summed E-state index contributed by atoms with van der Waals surface area (Å²) >= 11 is 0. The number of nitrogens with zero attached hydrogens (tertiary/aromatic N) is 1. The molecule has 27 heavy (non-hydrogen) atoms. The van der Waals surface area contributed by atoms with Gasteiger partial charge in [-0.1, -0.05) is 12.1 Å². The third-order valence-electron chi connectivity index (χ3n) is 4.23. The van der Waals surface area contributed by atoms with Gasteiger partial charge >= 0.3 is 0 Å². The summed E-state index contributed by atoms with van der Waals surface area (Å²) in [5.74, 6) is 1.75. The van der Waals surface area contributed by atoms with E-state index < -0.39 is 0 Å². The molecule has 1 unspecified atom stereocenters. The van der Waals surface area contributed by atoms with Crippen molar-refractivity contribution in [2.45, 2.75) is 38.7 Å². The van der Waals surface area contributed by atoms with Gasteiger partial charge in [-0.15, -0.1) is 24.0 Å². The van der Waals surface area contributed by atoms with Gasteiger partial charge in [0.15, 0.2) is 5.96 Å². The Balaban J connectivity index is 0.00000364. The second kappa shape index (κ2) is 14.9. The van der Waals surface area contributed by atoms with E-state index in [4.69, 9.17) is 14.2 Å². The molecule has 0 aromatic heterocycles. The molecule has 1 heterocycles. The summed E-state index contributed by atoms with van der Waals surface area (Å²) in [6.45, 7) is 6.82. The molecule has 1 aromatic rings. The molecular formula is C20H34IN3O3. The van der Waals surface area contributed by atoms with Gasteiger partial charge in [-0.3, -0.25) is 4.99 Å². The first kappa shape index (κ1) is 24.0. The number of benzene rings is 1. The van der Waals surface area contributed by atoms with E-state index in [1.807, 2.05) is 12.1 Å². The number of halogens is 1. The Morgan fingerprint density at radius 2 is 2.22 bits per heavy atom. The lowest BCUT2D eigenvalue weighted by atomic mass is 10.1. The Labute approximate surface area is 180 Å². The lowest BCUT2D eigenvalue weighted by molar-refractivity contribution is 0.0171. The fourth-order valence-corrected chi connectivity index (χ4v) is 2.84. The molecule has 1 fully saturated rings. The van der Waals surface area contributed by atoms with Gasteiger partial charge in [-0.05, 0) is 50.3 Å². The summed E-state index contributed by atoms with van der Waals surface area (Å²) < 4.78 is 16.5. The van der Waals surface area contributed by atoms with E-state index >= 15 is 0 Å². The van der Waals surface area contributed by atoms with Gasteiger partial charge in [0.1, 0.15) is 5.75 Å². The fourth-order valence-electron chi connectivity index (χ4n) is 2.84. The van der Waals surface area contributed by atoms with Crippen LogP contribution < -0.4 is 15.4 Å². The van der Waals surface area contributed by atoms with Crippen LogP contribution in [0, 0.1) is 0 Å². The average molecular weight is 491 g/mol. The number of ether oxygens (including phenoxy) is 3. The number of methoxy groups -OCH3 is 1. The molecule has 6 nitrogen and oxygen atoms in total. The zero-order valence-electron chi connectivity index (χ0n) is 16.5. The van der Waals surface area contributed by atoms with Crippen LogP contribution in [-0.2, 0) is 15.9 Å². The number of aliphatic imine (C=N–C) groups is 1. The molecule has 0 spiro atoms. The molecule has 1 atom stereocenters. The zero-order chi connectivity index (χ0) is 18.5. The molecule has 0 radical (unpaired) electrons. The first-order chi connectivity index (χ1) is 12.8. The topological polar surface area (TPSA) is 64.1 Å². The molecule has 1 saturated heterocycles. The second-order valence-corrected chi connectivity index (χ2v) is 6.35. The molecule has 0 bridgehead atoms. The Bertz CT molecular complexity index is 537. The normalized spacial score (nSPS) is 16.7. The van der Waals surface area contributed by atoms with E-state index in [-0.39, 0.29) is 24.0 Å². The predicted molar refractivity (Wildman–Crippen MR) is 121 cm³/mol. The van der Waals surface area contributed by atoms with Crippen LogP contribution in [-0.4, -0.2) is 58.6 Å². The first-order valence-corrected chi connectivity index (χ1v) is 9.66. The molecule has 0 saturated carbocycles. The van der Waals surface area contributed by atoms with Crippen LogP contribution in [0.3, 0.4) is 0 Å². The van der Waals surface area contributed by atoms with Gasteiger partial charge in [0.25, 0.3) is 0 Å². The monoisotopic (exact) mass is 491 g/mol. The van der Waals surface area contributed by atoms with Gasteiger partial charge in [0.2, 0.25) is 0 Å². The van der Waals surface area contributed by atoms with Crippen molar-refractivity contribution in [2.75, 3.05) is 46.6 Å². The standard InChI is InChI=1S/C20H33N3O3.HI/c1-3-21-20(22-11-6-13-25-16-19-9-5-14-26-19)23-12-10-17-7-4-8-18(15-17)24-2;/h4,7-8,15,19H,3,5-6,9-14,16H2,1-2H3,(H2,21,22,23);1H. The minimum atomic E-state index is 0. The van der Waals surface area contributed by atoms with E-state index in [0.29, 0.717) is 12.7 Å². The summed E-state index contributed by atoms with van der Waals surface area (Å²) in [4.78, 5) is 4.61. The predicted octanol–water partition coefficient (Wildman–Crippen LogP) is 3.00. The van der Waals surface area contributed by atoms with Gasteiger partial charge in [-0.2, -0.15) is 0 Å². The van der Waals surface area contributed by atoms with Crippen molar-refractivity contribution in [3.8, 4) is 5.75 Å². The number of hydrogen-bond donors (Lipinski definition) is 2. The van der Waals surface area contributed by atoms with E-state index in [9.17, 15) is 0 Å². The van der Waals surface area contributed by atoms with Crippen LogP contribution in [0.1, 0.15) is 31.7 Å². The van der Waals surface area contributed by atoms with Crippen LogP contribution in [0.15, 0.2) is 29.3 Å². The summed E-state index contributed by atoms with van der Waals surface area (Å²) in [5.41, 5.74) is 1.25. The maximum Gasteiger partial charge on any atom is 0.191 e. The minimum Gasteiger partial charge on any atom is -0.497 e. The smallest absolute Gasteiger partial charge is 0.191 e. The van der Waals surface area contributed by atoms with Gasteiger partial charge in [0, 0.05) is 32.8 Å². The van der Waals surface area contributed by atoms with Gasteiger partial charge in [-0.25, -0.2) is 0 Å². The fraction of sp³-hybridized carbons (Fsp3) is 0.650. The largest absolute Gasteiger partial charge is 0.497 e. The summed E-state index contributed by atoms with van der Waals surface area (Å²) in [5, 5.41) is 6.66. The molecule has 2 rings (SSSR count). The zero-order valence-corrected chi connectivity index (χ0v) is 18.9. The molecule has 1 aliphatic rings. The van der Waals surface area contributed by atoms with Crippen molar-refractivity contribution in [1.82, 2.24) is 10.6 Å².